The first-order valence-corrected chi connectivity index (χ1v) is 5.72. The number of rotatable bonds is 3. The minimum Gasteiger partial charge on any atom is -0.481 e. The summed E-state index contributed by atoms with van der Waals surface area (Å²) in [6.07, 6.45) is -0.0823. The average Bonchev–Trinajstić information content (AvgIpc) is 1.95. The topological polar surface area (TPSA) is 78.4 Å². The van der Waals surface area contributed by atoms with E-state index in [2.05, 4.69) is 10.6 Å². The first-order valence-electron chi connectivity index (χ1n) is 5.72. The number of carboxylic acids is 1. The van der Waals surface area contributed by atoms with Gasteiger partial charge in [0, 0.05) is 11.6 Å². The van der Waals surface area contributed by atoms with Crippen molar-refractivity contribution in [1.29, 1.82) is 0 Å². The summed E-state index contributed by atoms with van der Waals surface area (Å²) in [5.74, 6) is -0.916. The molecule has 5 nitrogen and oxygen atoms in total. The van der Waals surface area contributed by atoms with Gasteiger partial charge in [-0.05, 0) is 26.2 Å². The maximum atomic E-state index is 11.7. The van der Waals surface area contributed by atoms with E-state index in [1.807, 2.05) is 41.5 Å². The van der Waals surface area contributed by atoms with Gasteiger partial charge in [-0.15, -0.1) is 0 Å². The van der Waals surface area contributed by atoms with Crippen molar-refractivity contribution in [2.75, 3.05) is 0 Å². The van der Waals surface area contributed by atoms with Crippen molar-refractivity contribution >= 4 is 12.0 Å². The van der Waals surface area contributed by atoms with Gasteiger partial charge in [-0.25, -0.2) is 4.79 Å². The van der Waals surface area contributed by atoms with Gasteiger partial charge in [0.25, 0.3) is 0 Å². The molecule has 0 rings (SSSR count). The quantitative estimate of drug-likeness (QED) is 0.710. The van der Waals surface area contributed by atoms with E-state index < -0.39 is 12.0 Å². The van der Waals surface area contributed by atoms with Crippen LogP contribution >= 0.6 is 0 Å². The van der Waals surface area contributed by atoms with E-state index in [0.29, 0.717) is 0 Å². The lowest BCUT2D eigenvalue weighted by Crippen LogP contribution is -2.53. The van der Waals surface area contributed by atoms with Gasteiger partial charge in [-0.2, -0.15) is 0 Å². The number of aliphatic carboxylic acids is 1. The predicted molar refractivity (Wildman–Crippen MR) is 66.9 cm³/mol. The third kappa shape index (κ3) is 7.60. The number of urea groups is 1. The molecule has 0 radical (unpaired) electrons. The van der Waals surface area contributed by atoms with Crippen LogP contribution < -0.4 is 10.6 Å². The Morgan fingerprint density at radius 1 is 1.12 bits per heavy atom. The summed E-state index contributed by atoms with van der Waals surface area (Å²) in [5.41, 5.74) is -0.636. The Bertz CT molecular complexity index is 287. The second-order valence-corrected chi connectivity index (χ2v) is 6.36. The van der Waals surface area contributed by atoms with Crippen LogP contribution in [0.4, 0.5) is 4.79 Å². The van der Waals surface area contributed by atoms with Crippen LogP contribution in [0, 0.1) is 5.41 Å². The van der Waals surface area contributed by atoms with Gasteiger partial charge < -0.3 is 15.7 Å². The van der Waals surface area contributed by atoms with E-state index in [4.69, 9.17) is 5.11 Å². The second-order valence-electron chi connectivity index (χ2n) is 6.36. The minimum atomic E-state index is -0.916. The summed E-state index contributed by atoms with van der Waals surface area (Å²) in [5, 5.41) is 14.3. The van der Waals surface area contributed by atoms with Crippen molar-refractivity contribution < 1.29 is 14.7 Å². The number of carboxylic acid groups (broad SMARTS) is 1. The molecule has 17 heavy (non-hydrogen) atoms. The number of amides is 2. The second kappa shape index (κ2) is 5.38. The zero-order valence-electron chi connectivity index (χ0n) is 11.5. The van der Waals surface area contributed by atoms with Gasteiger partial charge in [-0.3, -0.25) is 4.79 Å². The SMILES string of the molecule is CC(C)(C)NC(=O)NC(CC(=O)O)C(C)(C)C. The summed E-state index contributed by atoms with van der Waals surface area (Å²) < 4.78 is 0. The molecule has 0 saturated carbocycles. The Hall–Kier alpha value is -1.26. The zero-order valence-corrected chi connectivity index (χ0v) is 11.5. The van der Waals surface area contributed by atoms with Crippen LogP contribution in [0.5, 0.6) is 0 Å². The summed E-state index contributed by atoms with van der Waals surface area (Å²) >= 11 is 0. The highest BCUT2D eigenvalue weighted by Crippen LogP contribution is 2.21. The number of nitrogens with one attached hydrogen (secondary N) is 2. The molecule has 0 heterocycles. The van der Waals surface area contributed by atoms with Crippen molar-refractivity contribution in [3.8, 4) is 0 Å². The van der Waals surface area contributed by atoms with Crippen molar-refractivity contribution in [1.82, 2.24) is 10.6 Å². The lowest BCUT2D eigenvalue weighted by Gasteiger charge is -2.32. The standard InChI is InChI=1S/C12H24N2O3/c1-11(2,3)8(7-9(15)16)13-10(17)14-12(4,5)6/h8H,7H2,1-6H3,(H,15,16)(H2,13,14,17). The molecule has 1 atom stereocenters. The molecule has 0 aliphatic rings. The molecule has 0 bridgehead atoms. The Morgan fingerprint density at radius 2 is 1.59 bits per heavy atom. The smallest absolute Gasteiger partial charge is 0.315 e. The predicted octanol–water partition coefficient (Wildman–Crippen LogP) is 1.97. The van der Waals surface area contributed by atoms with Crippen molar-refractivity contribution in [3.05, 3.63) is 0 Å². The summed E-state index contributed by atoms with van der Waals surface area (Å²) in [4.78, 5) is 22.4. The maximum absolute atomic E-state index is 11.7. The van der Waals surface area contributed by atoms with Crippen molar-refractivity contribution in [2.45, 2.75) is 59.5 Å². The molecule has 5 heteroatoms. The van der Waals surface area contributed by atoms with Gasteiger partial charge in [0.05, 0.1) is 6.42 Å². The third-order valence-electron chi connectivity index (χ3n) is 2.22. The van der Waals surface area contributed by atoms with E-state index in [1.54, 1.807) is 0 Å². The first-order chi connectivity index (χ1) is 7.42. The van der Waals surface area contributed by atoms with Crippen molar-refractivity contribution in [2.24, 2.45) is 5.41 Å². The third-order valence-corrected chi connectivity index (χ3v) is 2.22. The average molecular weight is 244 g/mol. The molecule has 0 aliphatic carbocycles. The molecular formula is C12H24N2O3. The van der Waals surface area contributed by atoms with Gasteiger partial charge in [-0.1, -0.05) is 20.8 Å². The van der Waals surface area contributed by atoms with E-state index in [0.717, 1.165) is 0 Å². The Balaban J connectivity index is 4.55. The van der Waals surface area contributed by atoms with Crippen molar-refractivity contribution in [3.63, 3.8) is 0 Å². The first kappa shape index (κ1) is 15.7. The van der Waals surface area contributed by atoms with E-state index >= 15 is 0 Å². The lowest BCUT2D eigenvalue weighted by atomic mass is 9.85. The molecule has 0 aliphatic heterocycles. The normalized spacial score (nSPS) is 14.0. The molecule has 0 saturated heterocycles. The number of carbonyl (C=O) groups is 2. The molecule has 2 amide bonds. The highest BCUT2D eigenvalue weighted by atomic mass is 16.4. The molecule has 0 aromatic carbocycles. The largest absolute Gasteiger partial charge is 0.481 e. The molecular weight excluding hydrogens is 220 g/mol. The molecule has 0 spiro atoms. The van der Waals surface area contributed by atoms with Gasteiger partial charge in [0.15, 0.2) is 0 Å². The fraction of sp³-hybridized carbons (Fsp3) is 0.833. The van der Waals surface area contributed by atoms with Gasteiger partial charge in [0.1, 0.15) is 0 Å². The zero-order chi connectivity index (χ0) is 13.9. The molecule has 0 aromatic heterocycles. The molecule has 0 aromatic rings. The Labute approximate surface area is 103 Å². The lowest BCUT2D eigenvalue weighted by molar-refractivity contribution is -0.138. The van der Waals surface area contributed by atoms with E-state index in [9.17, 15) is 9.59 Å². The van der Waals surface area contributed by atoms with Gasteiger partial charge >= 0.3 is 12.0 Å². The highest BCUT2D eigenvalue weighted by molar-refractivity contribution is 5.76. The van der Waals surface area contributed by atoms with Crippen LogP contribution in [0.3, 0.4) is 0 Å². The number of hydrogen-bond acceptors (Lipinski definition) is 2. The fourth-order valence-electron chi connectivity index (χ4n) is 1.28. The van der Waals surface area contributed by atoms with Gasteiger partial charge in [0.2, 0.25) is 0 Å². The van der Waals surface area contributed by atoms with Crippen LogP contribution in [0.1, 0.15) is 48.0 Å². The fourth-order valence-corrected chi connectivity index (χ4v) is 1.28. The molecule has 1 unspecified atom stereocenters. The monoisotopic (exact) mass is 244 g/mol. The van der Waals surface area contributed by atoms with Crippen LogP contribution in [0.25, 0.3) is 0 Å². The maximum Gasteiger partial charge on any atom is 0.315 e. The van der Waals surface area contributed by atoms with E-state index in [1.165, 1.54) is 0 Å². The summed E-state index contributed by atoms with van der Waals surface area (Å²) in [6.45, 7) is 11.3. The number of carbonyl (C=O) groups excluding carboxylic acids is 1. The molecule has 0 fully saturated rings. The molecule has 100 valence electrons. The van der Waals surface area contributed by atoms with Crippen LogP contribution in [0.2, 0.25) is 0 Å². The van der Waals surface area contributed by atoms with Crippen LogP contribution in [-0.4, -0.2) is 28.7 Å². The minimum absolute atomic E-state index is 0.0823. The highest BCUT2D eigenvalue weighted by Gasteiger charge is 2.29. The Kier molecular flexibility index (Phi) is 4.98. The number of hydrogen-bond donors (Lipinski definition) is 3. The Morgan fingerprint density at radius 3 is 1.88 bits per heavy atom. The molecule has 3 N–H and O–H groups in total. The van der Waals surface area contributed by atoms with Crippen LogP contribution in [-0.2, 0) is 4.79 Å². The van der Waals surface area contributed by atoms with Crippen LogP contribution in [0.15, 0.2) is 0 Å². The summed E-state index contributed by atoms with van der Waals surface area (Å²) in [6, 6.07) is -0.735. The van der Waals surface area contributed by atoms with E-state index in [-0.39, 0.29) is 23.4 Å². The summed E-state index contributed by atoms with van der Waals surface area (Å²) in [7, 11) is 0.